The third-order valence-corrected chi connectivity index (χ3v) is 5.23. The molecule has 1 fully saturated rings. The second kappa shape index (κ2) is 9.43. The number of anilines is 1. The first-order valence-electron chi connectivity index (χ1n) is 9.92. The van der Waals surface area contributed by atoms with Gasteiger partial charge in [0, 0.05) is 13.0 Å². The highest BCUT2D eigenvalue weighted by Crippen LogP contribution is 2.29. The summed E-state index contributed by atoms with van der Waals surface area (Å²) < 4.78 is 10.6. The largest absolute Gasteiger partial charge is 0.493 e. The Kier molecular flexibility index (Phi) is 6.72. The molecule has 3 rings (SSSR count). The van der Waals surface area contributed by atoms with E-state index in [4.69, 9.17) is 9.47 Å². The molecule has 2 aromatic carbocycles. The zero-order valence-electron chi connectivity index (χ0n) is 17.5. The number of hydrogen-bond acceptors (Lipinski definition) is 5. The molecule has 0 aromatic heterocycles. The monoisotopic (exact) mass is 410 g/mol. The van der Waals surface area contributed by atoms with Crippen LogP contribution in [0.3, 0.4) is 0 Å². The van der Waals surface area contributed by atoms with Crippen molar-refractivity contribution in [1.82, 2.24) is 4.90 Å². The normalized spacial score (nSPS) is 16.0. The van der Waals surface area contributed by atoms with E-state index in [-0.39, 0.29) is 30.6 Å². The smallest absolute Gasteiger partial charge is 0.257 e. The molecule has 3 amide bonds. The van der Waals surface area contributed by atoms with Crippen molar-refractivity contribution in [3.63, 3.8) is 0 Å². The number of para-hydroxylation sites is 1. The van der Waals surface area contributed by atoms with Crippen LogP contribution in [0.2, 0.25) is 0 Å². The summed E-state index contributed by atoms with van der Waals surface area (Å²) in [5, 5.41) is 0. The van der Waals surface area contributed by atoms with Crippen molar-refractivity contribution < 1.29 is 23.9 Å². The van der Waals surface area contributed by atoms with E-state index in [0.29, 0.717) is 30.2 Å². The van der Waals surface area contributed by atoms with E-state index in [1.54, 1.807) is 45.4 Å². The summed E-state index contributed by atoms with van der Waals surface area (Å²) in [5.41, 5.74) is 1.47. The molecule has 0 N–H and O–H groups in total. The molecule has 0 unspecified atom stereocenters. The SMILES string of the molecule is CCC(=O)N(CCc1ccc(OC)c(OC)c1)[C@@H]1CC(=O)N(c2ccccc2)C1=O. The van der Waals surface area contributed by atoms with Gasteiger partial charge in [0.25, 0.3) is 5.91 Å². The molecule has 0 bridgehead atoms. The Labute approximate surface area is 176 Å². The lowest BCUT2D eigenvalue weighted by molar-refractivity contribution is -0.138. The maximum atomic E-state index is 13.0. The van der Waals surface area contributed by atoms with Gasteiger partial charge in [-0.3, -0.25) is 14.4 Å². The van der Waals surface area contributed by atoms with Crippen LogP contribution in [-0.4, -0.2) is 49.4 Å². The molecule has 30 heavy (non-hydrogen) atoms. The van der Waals surface area contributed by atoms with Crippen molar-refractivity contribution in [2.45, 2.75) is 32.2 Å². The second-order valence-electron chi connectivity index (χ2n) is 7.00. The average molecular weight is 410 g/mol. The number of benzene rings is 2. The topological polar surface area (TPSA) is 76.2 Å². The Morgan fingerprint density at radius 2 is 1.77 bits per heavy atom. The lowest BCUT2D eigenvalue weighted by Gasteiger charge is -2.27. The predicted octanol–water partition coefficient (Wildman–Crippen LogP) is 2.82. The fourth-order valence-electron chi connectivity index (χ4n) is 3.65. The highest BCUT2D eigenvalue weighted by atomic mass is 16.5. The third kappa shape index (κ3) is 4.30. The van der Waals surface area contributed by atoms with E-state index in [0.717, 1.165) is 5.56 Å². The molecular weight excluding hydrogens is 384 g/mol. The molecule has 0 spiro atoms. The van der Waals surface area contributed by atoms with Crippen molar-refractivity contribution in [2.24, 2.45) is 0 Å². The van der Waals surface area contributed by atoms with Crippen LogP contribution < -0.4 is 14.4 Å². The van der Waals surface area contributed by atoms with Crippen LogP contribution in [0.25, 0.3) is 0 Å². The summed E-state index contributed by atoms with van der Waals surface area (Å²) in [6.07, 6.45) is 0.774. The van der Waals surface area contributed by atoms with E-state index in [1.807, 2.05) is 24.3 Å². The van der Waals surface area contributed by atoms with Gasteiger partial charge in [-0.05, 0) is 36.2 Å². The number of nitrogens with zero attached hydrogens (tertiary/aromatic N) is 2. The number of methoxy groups -OCH3 is 2. The van der Waals surface area contributed by atoms with E-state index in [9.17, 15) is 14.4 Å². The van der Waals surface area contributed by atoms with Crippen LogP contribution in [0.1, 0.15) is 25.3 Å². The van der Waals surface area contributed by atoms with Gasteiger partial charge in [0.1, 0.15) is 6.04 Å². The molecule has 1 aliphatic rings. The number of carbonyl (C=O) groups excluding carboxylic acids is 3. The van der Waals surface area contributed by atoms with Crippen molar-refractivity contribution >= 4 is 23.4 Å². The number of rotatable bonds is 8. The van der Waals surface area contributed by atoms with Crippen LogP contribution in [-0.2, 0) is 20.8 Å². The molecule has 0 saturated carbocycles. The van der Waals surface area contributed by atoms with E-state index < -0.39 is 6.04 Å². The minimum atomic E-state index is -0.787. The quantitative estimate of drug-likeness (QED) is 0.626. The van der Waals surface area contributed by atoms with Crippen LogP contribution in [0.5, 0.6) is 11.5 Å². The summed E-state index contributed by atoms with van der Waals surface area (Å²) in [4.78, 5) is 41.0. The van der Waals surface area contributed by atoms with E-state index in [2.05, 4.69) is 0 Å². The molecule has 0 aliphatic carbocycles. The Balaban J connectivity index is 1.79. The maximum absolute atomic E-state index is 13.0. The van der Waals surface area contributed by atoms with Gasteiger partial charge in [-0.2, -0.15) is 0 Å². The molecule has 7 heteroatoms. The predicted molar refractivity (Wildman–Crippen MR) is 113 cm³/mol. The number of hydrogen-bond donors (Lipinski definition) is 0. The second-order valence-corrected chi connectivity index (χ2v) is 7.00. The van der Waals surface area contributed by atoms with E-state index in [1.165, 1.54) is 9.80 Å². The van der Waals surface area contributed by atoms with Gasteiger partial charge in [-0.15, -0.1) is 0 Å². The average Bonchev–Trinajstić information content (AvgIpc) is 3.07. The number of imide groups is 1. The summed E-state index contributed by atoms with van der Waals surface area (Å²) in [7, 11) is 3.13. The summed E-state index contributed by atoms with van der Waals surface area (Å²) in [6.45, 7) is 2.08. The minimum absolute atomic E-state index is 0.00853. The Morgan fingerprint density at radius 3 is 2.40 bits per heavy atom. The Bertz CT molecular complexity index is 928. The molecular formula is C23H26N2O5. The van der Waals surface area contributed by atoms with Crippen LogP contribution in [0, 0.1) is 0 Å². The zero-order valence-corrected chi connectivity index (χ0v) is 17.5. The lowest BCUT2D eigenvalue weighted by Crippen LogP contribution is -2.46. The standard InChI is InChI=1S/C23H26N2O5/c1-4-21(26)24(13-12-16-10-11-19(29-2)20(14-16)30-3)18-15-22(27)25(23(18)28)17-8-6-5-7-9-17/h5-11,14,18H,4,12-13,15H2,1-3H3/t18-/m1/s1. The molecule has 158 valence electrons. The van der Waals surface area contributed by atoms with Gasteiger partial charge in [0.15, 0.2) is 11.5 Å². The van der Waals surface area contributed by atoms with Gasteiger partial charge in [0.2, 0.25) is 11.8 Å². The lowest BCUT2D eigenvalue weighted by atomic mass is 10.1. The number of amides is 3. The Hall–Kier alpha value is -3.35. The summed E-state index contributed by atoms with van der Waals surface area (Å²) in [5.74, 6) is 0.414. The fourth-order valence-corrected chi connectivity index (χ4v) is 3.65. The van der Waals surface area contributed by atoms with Crippen molar-refractivity contribution in [2.75, 3.05) is 25.7 Å². The first kappa shape index (κ1) is 21.4. The molecule has 0 radical (unpaired) electrons. The van der Waals surface area contributed by atoms with Crippen LogP contribution in [0.4, 0.5) is 5.69 Å². The fraction of sp³-hybridized carbons (Fsp3) is 0.348. The van der Waals surface area contributed by atoms with Gasteiger partial charge < -0.3 is 14.4 Å². The van der Waals surface area contributed by atoms with Gasteiger partial charge in [0.05, 0.1) is 26.3 Å². The van der Waals surface area contributed by atoms with Gasteiger partial charge in [-0.25, -0.2) is 4.90 Å². The van der Waals surface area contributed by atoms with Crippen molar-refractivity contribution in [1.29, 1.82) is 0 Å². The molecule has 1 heterocycles. The number of ether oxygens (including phenoxy) is 2. The molecule has 7 nitrogen and oxygen atoms in total. The van der Waals surface area contributed by atoms with E-state index >= 15 is 0 Å². The third-order valence-electron chi connectivity index (χ3n) is 5.23. The first-order chi connectivity index (χ1) is 14.5. The maximum Gasteiger partial charge on any atom is 0.257 e. The van der Waals surface area contributed by atoms with Gasteiger partial charge >= 0.3 is 0 Å². The minimum Gasteiger partial charge on any atom is -0.493 e. The van der Waals surface area contributed by atoms with Gasteiger partial charge in [-0.1, -0.05) is 31.2 Å². The Morgan fingerprint density at radius 1 is 1.07 bits per heavy atom. The first-order valence-corrected chi connectivity index (χ1v) is 9.92. The molecule has 2 aromatic rings. The van der Waals surface area contributed by atoms with Crippen molar-refractivity contribution in [3.05, 3.63) is 54.1 Å². The number of carbonyl (C=O) groups is 3. The highest BCUT2D eigenvalue weighted by Gasteiger charge is 2.43. The van der Waals surface area contributed by atoms with Crippen LogP contribution in [0.15, 0.2) is 48.5 Å². The zero-order chi connectivity index (χ0) is 21.7. The molecule has 1 atom stereocenters. The highest BCUT2D eigenvalue weighted by molar-refractivity contribution is 6.23. The molecule has 1 aliphatic heterocycles. The molecule has 1 saturated heterocycles. The summed E-state index contributed by atoms with van der Waals surface area (Å²) >= 11 is 0. The van der Waals surface area contributed by atoms with Crippen LogP contribution >= 0.6 is 0 Å². The summed E-state index contributed by atoms with van der Waals surface area (Å²) in [6, 6.07) is 13.6. The van der Waals surface area contributed by atoms with Crippen molar-refractivity contribution in [3.8, 4) is 11.5 Å².